The Bertz CT molecular complexity index is 1030. The fraction of sp³-hybridized carbons (Fsp3) is 0.105. The average Bonchev–Trinajstić information content (AvgIpc) is 2.66. The zero-order valence-electron chi connectivity index (χ0n) is 13.8. The SMILES string of the molecule is N#Cc1c(N)nc2c(c1N)Cc1cccc(OCc3ccncc3)c1O2. The number of rotatable bonds is 3. The molecule has 3 aromatic rings. The molecule has 0 amide bonds. The Balaban J connectivity index is 1.67. The number of hydrogen-bond acceptors (Lipinski definition) is 7. The largest absolute Gasteiger partial charge is 0.485 e. The third kappa shape index (κ3) is 2.63. The number of aromatic nitrogens is 2. The first kappa shape index (κ1) is 15.7. The van der Waals surface area contributed by atoms with E-state index in [-0.39, 0.29) is 11.4 Å². The van der Waals surface area contributed by atoms with Crippen molar-refractivity contribution in [3.8, 4) is 23.4 Å². The van der Waals surface area contributed by atoms with Crippen LogP contribution in [0.5, 0.6) is 17.4 Å². The summed E-state index contributed by atoms with van der Waals surface area (Å²) in [6.07, 6.45) is 3.92. The lowest BCUT2D eigenvalue weighted by molar-refractivity contribution is 0.287. The number of ether oxygens (including phenoxy) is 2. The Kier molecular flexibility index (Phi) is 3.78. The van der Waals surface area contributed by atoms with Gasteiger partial charge in [-0.25, -0.2) is 0 Å². The molecule has 1 aromatic carbocycles. The lowest BCUT2D eigenvalue weighted by atomic mass is 9.99. The lowest BCUT2D eigenvalue weighted by Crippen LogP contribution is -2.12. The minimum atomic E-state index is 0.0578. The van der Waals surface area contributed by atoms with E-state index in [1.807, 2.05) is 36.4 Å². The van der Waals surface area contributed by atoms with Crippen LogP contribution in [0.2, 0.25) is 0 Å². The topological polar surface area (TPSA) is 120 Å². The number of anilines is 2. The van der Waals surface area contributed by atoms with Crippen molar-refractivity contribution in [1.82, 2.24) is 9.97 Å². The maximum atomic E-state index is 9.20. The van der Waals surface area contributed by atoms with Crippen molar-refractivity contribution in [2.75, 3.05) is 11.5 Å². The smallest absolute Gasteiger partial charge is 0.227 e. The average molecular weight is 345 g/mol. The van der Waals surface area contributed by atoms with E-state index in [1.54, 1.807) is 12.4 Å². The molecule has 4 rings (SSSR count). The molecule has 0 unspecified atom stereocenters. The van der Waals surface area contributed by atoms with E-state index in [9.17, 15) is 5.26 Å². The first-order valence-corrected chi connectivity index (χ1v) is 7.96. The highest BCUT2D eigenvalue weighted by Crippen LogP contribution is 2.44. The molecule has 0 saturated heterocycles. The van der Waals surface area contributed by atoms with E-state index in [2.05, 4.69) is 9.97 Å². The summed E-state index contributed by atoms with van der Waals surface area (Å²) in [5.41, 5.74) is 15.0. The fourth-order valence-electron chi connectivity index (χ4n) is 2.87. The van der Waals surface area contributed by atoms with Crippen LogP contribution in [0.4, 0.5) is 11.5 Å². The molecule has 0 aliphatic carbocycles. The van der Waals surface area contributed by atoms with Crippen molar-refractivity contribution >= 4 is 11.5 Å². The van der Waals surface area contributed by atoms with Crippen LogP contribution in [0.1, 0.15) is 22.3 Å². The molecule has 1 aliphatic heterocycles. The number of nitrogens with two attached hydrogens (primary N) is 2. The van der Waals surface area contributed by atoms with Crippen molar-refractivity contribution < 1.29 is 9.47 Å². The maximum absolute atomic E-state index is 9.20. The molecule has 128 valence electrons. The standard InChI is InChI=1S/C19H15N5O2/c20-9-14-16(21)13-8-12-2-1-3-15(17(12)26-19(13)24-18(14)22)25-10-11-4-6-23-7-5-11/h1-7H,8,10H2,(H4,21,22,24). The number of hydrogen-bond donors (Lipinski definition) is 2. The molecule has 1 aliphatic rings. The van der Waals surface area contributed by atoms with Crippen molar-refractivity contribution in [3.63, 3.8) is 0 Å². The van der Waals surface area contributed by atoms with Gasteiger partial charge in [-0.1, -0.05) is 12.1 Å². The zero-order chi connectivity index (χ0) is 18.1. The van der Waals surface area contributed by atoms with Crippen LogP contribution in [-0.2, 0) is 13.0 Å². The summed E-state index contributed by atoms with van der Waals surface area (Å²) >= 11 is 0. The summed E-state index contributed by atoms with van der Waals surface area (Å²) in [6.45, 7) is 0.389. The Morgan fingerprint density at radius 3 is 2.77 bits per heavy atom. The highest BCUT2D eigenvalue weighted by molar-refractivity contribution is 5.72. The number of fused-ring (bicyclic) bond motifs is 2. The molecule has 7 heteroatoms. The number of nitriles is 1. The second-order valence-electron chi connectivity index (χ2n) is 5.85. The molecular formula is C19H15N5O2. The van der Waals surface area contributed by atoms with Crippen LogP contribution < -0.4 is 20.9 Å². The second-order valence-corrected chi connectivity index (χ2v) is 5.85. The summed E-state index contributed by atoms with van der Waals surface area (Å²) in [6, 6.07) is 11.4. The number of benzene rings is 1. The third-order valence-electron chi connectivity index (χ3n) is 4.21. The van der Waals surface area contributed by atoms with Gasteiger partial charge in [0.15, 0.2) is 11.5 Å². The number of nitrogens with zero attached hydrogens (tertiary/aromatic N) is 3. The Morgan fingerprint density at radius 1 is 1.19 bits per heavy atom. The van der Waals surface area contributed by atoms with Crippen LogP contribution in [0.3, 0.4) is 0 Å². The van der Waals surface area contributed by atoms with Gasteiger partial charge in [0.1, 0.15) is 24.1 Å². The molecule has 7 nitrogen and oxygen atoms in total. The van der Waals surface area contributed by atoms with Gasteiger partial charge in [-0.15, -0.1) is 0 Å². The Hall–Kier alpha value is -3.79. The van der Waals surface area contributed by atoms with Gasteiger partial charge in [-0.2, -0.15) is 10.2 Å². The molecule has 0 fully saturated rings. The van der Waals surface area contributed by atoms with Gasteiger partial charge in [-0.3, -0.25) is 4.98 Å². The van der Waals surface area contributed by atoms with E-state index in [1.165, 1.54) is 0 Å². The van der Waals surface area contributed by atoms with Crippen LogP contribution in [0.25, 0.3) is 0 Å². The maximum Gasteiger partial charge on any atom is 0.227 e. The Morgan fingerprint density at radius 2 is 2.00 bits per heavy atom. The predicted molar refractivity (Wildman–Crippen MR) is 95.7 cm³/mol. The van der Waals surface area contributed by atoms with E-state index >= 15 is 0 Å². The van der Waals surface area contributed by atoms with Crippen molar-refractivity contribution in [2.45, 2.75) is 13.0 Å². The molecule has 2 aromatic heterocycles. The minimum absolute atomic E-state index is 0.0578. The van der Waals surface area contributed by atoms with E-state index < -0.39 is 0 Å². The van der Waals surface area contributed by atoms with Crippen LogP contribution in [0, 0.1) is 11.3 Å². The van der Waals surface area contributed by atoms with E-state index in [4.69, 9.17) is 20.9 Å². The van der Waals surface area contributed by atoms with Crippen molar-refractivity contribution in [1.29, 1.82) is 5.26 Å². The second kappa shape index (κ2) is 6.26. The molecule has 0 atom stereocenters. The van der Waals surface area contributed by atoms with E-state index in [0.29, 0.717) is 41.7 Å². The third-order valence-corrected chi connectivity index (χ3v) is 4.21. The minimum Gasteiger partial charge on any atom is -0.485 e. The Labute approximate surface area is 149 Å². The first-order chi connectivity index (χ1) is 12.7. The van der Waals surface area contributed by atoms with Gasteiger partial charge >= 0.3 is 0 Å². The monoisotopic (exact) mass is 345 g/mol. The number of nitrogen functional groups attached to an aromatic ring is 2. The zero-order valence-corrected chi connectivity index (χ0v) is 13.8. The summed E-state index contributed by atoms with van der Waals surface area (Å²) in [7, 11) is 0. The number of para-hydroxylation sites is 1. The lowest BCUT2D eigenvalue weighted by Gasteiger charge is -2.23. The number of pyridine rings is 2. The van der Waals surface area contributed by atoms with E-state index in [0.717, 1.165) is 11.1 Å². The van der Waals surface area contributed by atoms with Crippen LogP contribution >= 0.6 is 0 Å². The molecule has 4 N–H and O–H groups in total. The molecule has 0 radical (unpaired) electrons. The van der Waals surface area contributed by atoms with Gasteiger partial charge in [0.05, 0.1) is 5.69 Å². The molecule has 0 spiro atoms. The fourth-order valence-corrected chi connectivity index (χ4v) is 2.87. The van der Waals surface area contributed by atoms with Gasteiger partial charge < -0.3 is 20.9 Å². The highest BCUT2D eigenvalue weighted by Gasteiger charge is 2.26. The summed E-state index contributed by atoms with van der Waals surface area (Å²) < 4.78 is 11.9. The molecular weight excluding hydrogens is 330 g/mol. The first-order valence-electron chi connectivity index (χ1n) is 7.96. The van der Waals surface area contributed by atoms with Gasteiger partial charge in [0, 0.05) is 29.9 Å². The highest BCUT2D eigenvalue weighted by atomic mass is 16.5. The molecule has 26 heavy (non-hydrogen) atoms. The summed E-state index contributed by atoms with van der Waals surface area (Å²) in [4.78, 5) is 8.18. The summed E-state index contributed by atoms with van der Waals surface area (Å²) in [5.74, 6) is 1.56. The molecule has 0 saturated carbocycles. The quantitative estimate of drug-likeness (QED) is 0.585. The normalized spacial score (nSPS) is 11.7. The van der Waals surface area contributed by atoms with Crippen LogP contribution in [-0.4, -0.2) is 9.97 Å². The van der Waals surface area contributed by atoms with Crippen molar-refractivity contribution in [2.24, 2.45) is 0 Å². The van der Waals surface area contributed by atoms with Gasteiger partial charge in [0.2, 0.25) is 5.88 Å². The van der Waals surface area contributed by atoms with Gasteiger partial charge in [0.25, 0.3) is 0 Å². The predicted octanol–water partition coefficient (Wildman–Crippen LogP) is 2.79. The van der Waals surface area contributed by atoms with Gasteiger partial charge in [-0.05, 0) is 23.8 Å². The molecule has 0 bridgehead atoms. The molecule has 3 heterocycles. The summed E-state index contributed by atoms with van der Waals surface area (Å²) in [5, 5.41) is 9.20. The van der Waals surface area contributed by atoms with Crippen molar-refractivity contribution in [3.05, 3.63) is 65.0 Å². The van der Waals surface area contributed by atoms with Crippen LogP contribution in [0.15, 0.2) is 42.7 Å².